The second-order valence-corrected chi connectivity index (χ2v) is 7.61. The maximum atomic E-state index is 5.58. The number of nitrogens with zero attached hydrogens (tertiary/aromatic N) is 1. The van der Waals surface area contributed by atoms with Gasteiger partial charge in [-0.05, 0) is 54.2 Å². The molecule has 2 saturated heterocycles. The van der Waals surface area contributed by atoms with Crippen LogP contribution < -0.4 is 0 Å². The first kappa shape index (κ1) is 13.8. The maximum Gasteiger partial charge on any atom is 0.0507 e. The predicted molar refractivity (Wildman–Crippen MR) is 85.6 cm³/mol. The van der Waals surface area contributed by atoms with Gasteiger partial charge in [-0.1, -0.05) is 38.1 Å². The first-order valence-corrected chi connectivity index (χ1v) is 8.58. The maximum absolute atomic E-state index is 5.58. The van der Waals surface area contributed by atoms with Crippen LogP contribution in [0.1, 0.15) is 37.8 Å². The molecule has 1 aromatic rings. The van der Waals surface area contributed by atoms with Crippen molar-refractivity contribution in [3.63, 3.8) is 0 Å². The van der Waals surface area contributed by atoms with Crippen molar-refractivity contribution in [1.29, 1.82) is 0 Å². The van der Waals surface area contributed by atoms with Gasteiger partial charge in [0.2, 0.25) is 0 Å². The molecule has 0 spiro atoms. The van der Waals surface area contributed by atoms with Gasteiger partial charge >= 0.3 is 0 Å². The van der Waals surface area contributed by atoms with Gasteiger partial charge in [-0.25, -0.2) is 0 Å². The van der Waals surface area contributed by atoms with E-state index < -0.39 is 0 Å². The molecule has 0 N–H and O–H groups in total. The highest BCUT2D eigenvalue weighted by atomic mass is 16.5. The number of fused-ring (bicyclic) bond motifs is 4. The quantitative estimate of drug-likeness (QED) is 0.827. The highest BCUT2D eigenvalue weighted by Crippen LogP contribution is 2.48. The Morgan fingerprint density at radius 1 is 1.33 bits per heavy atom. The van der Waals surface area contributed by atoms with E-state index in [4.69, 9.17) is 4.74 Å². The third-order valence-electron chi connectivity index (χ3n) is 6.55. The van der Waals surface area contributed by atoms with E-state index in [-0.39, 0.29) is 0 Å². The summed E-state index contributed by atoms with van der Waals surface area (Å²) in [6.45, 7) is 9.44. The number of likely N-dealkylation sites (tertiary alicyclic amines) is 1. The van der Waals surface area contributed by atoms with E-state index >= 15 is 0 Å². The van der Waals surface area contributed by atoms with Crippen LogP contribution >= 0.6 is 0 Å². The Morgan fingerprint density at radius 3 is 3.00 bits per heavy atom. The molecule has 0 radical (unpaired) electrons. The van der Waals surface area contributed by atoms with Crippen molar-refractivity contribution in [2.75, 3.05) is 26.3 Å². The molecule has 4 rings (SSSR count). The summed E-state index contributed by atoms with van der Waals surface area (Å²) in [7, 11) is 0. The summed E-state index contributed by atoms with van der Waals surface area (Å²) >= 11 is 0. The average molecular weight is 285 g/mol. The van der Waals surface area contributed by atoms with Crippen molar-refractivity contribution >= 4 is 0 Å². The van der Waals surface area contributed by atoms with E-state index in [2.05, 4.69) is 43.0 Å². The minimum atomic E-state index is 0.377. The van der Waals surface area contributed by atoms with E-state index in [0.29, 0.717) is 5.41 Å². The molecule has 0 aromatic heterocycles. The van der Waals surface area contributed by atoms with Crippen LogP contribution in [0.5, 0.6) is 0 Å². The molecule has 2 aliphatic heterocycles. The van der Waals surface area contributed by atoms with Crippen LogP contribution in [0.4, 0.5) is 0 Å². The van der Waals surface area contributed by atoms with Crippen molar-refractivity contribution in [2.24, 2.45) is 11.8 Å². The number of benzene rings is 1. The van der Waals surface area contributed by atoms with Crippen LogP contribution in [0.15, 0.2) is 24.3 Å². The normalized spacial score (nSPS) is 39.2. The van der Waals surface area contributed by atoms with E-state index in [1.165, 1.54) is 32.4 Å². The van der Waals surface area contributed by atoms with Gasteiger partial charge in [0.15, 0.2) is 0 Å². The number of hydrogen-bond donors (Lipinski definition) is 0. The van der Waals surface area contributed by atoms with Gasteiger partial charge in [-0.2, -0.15) is 0 Å². The molecule has 4 atom stereocenters. The number of piperidine rings is 1. The largest absolute Gasteiger partial charge is 0.381 e. The van der Waals surface area contributed by atoms with E-state index in [0.717, 1.165) is 31.1 Å². The fourth-order valence-electron chi connectivity index (χ4n) is 4.96. The van der Waals surface area contributed by atoms with Gasteiger partial charge in [-0.3, -0.25) is 4.90 Å². The van der Waals surface area contributed by atoms with Gasteiger partial charge in [-0.15, -0.1) is 0 Å². The Kier molecular flexibility index (Phi) is 3.35. The molecule has 1 aromatic carbocycles. The predicted octanol–water partition coefficient (Wildman–Crippen LogP) is 3.25. The lowest BCUT2D eigenvalue weighted by Gasteiger charge is -2.55. The smallest absolute Gasteiger partial charge is 0.0507 e. The van der Waals surface area contributed by atoms with Crippen molar-refractivity contribution < 1.29 is 4.74 Å². The number of ether oxygens (including phenoxy) is 1. The molecule has 0 amide bonds. The van der Waals surface area contributed by atoms with Crippen LogP contribution in [0.25, 0.3) is 0 Å². The fraction of sp³-hybridized carbons (Fsp3) is 0.684. The van der Waals surface area contributed by atoms with Crippen molar-refractivity contribution in [1.82, 2.24) is 4.90 Å². The molecule has 2 bridgehead atoms. The summed E-state index contributed by atoms with van der Waals surface area (Å²) in [4.78, 5) is 2.78. The minimum Gasteiger partial charge on any atom is -0.381 e. The SMILES string of the molecule is CC1C2Cc3ccccc3C1(C)CCN2CC1CCOC1. The molecule has 2 fully saturated rings. The molecule has 2 heteroatoms. The zero-order chi connectivity index (χ0) is 14.4. The lowest BCUT2D eigenvalue weighted by Crippen LogP contribution is -2.58. The Balaban J connectivity index is 1.62. The average Bonchev–Trinajstić information content (AvgIpc) is 2.99. The monoisotopic (exact) mass is 285 g/mol. The zero-order valence-electron chi connectivity index (χ0n) is 13.3. The molecular weight excluding hydrogens is 258 g/mol. The second kappa shape index (κ2) is 5.10. The van der Waals surface area contributed by atoms with Crippen LogP contribution in [0, 0.1) is 11.8 Å². The van der Waals surface area contributed by atoms with Crippen molar-refractivity contribution in [3.05, 3.63) is 35.4 Å². The molecular formula is C19H27NO. The third-order valence-corrected chi connectivity index (χ3v) is 6.55. The van der Waals surface area contributed by atoms with Gasteiger partial charge < -0.3 is 4.74 Å². The molecule has 21 heavy (non-hydrogen) atoms. The summed E-state index contributed by atoms with van der Waals surface area (Å²) in [6.07, 6.45) is 3.79. The standard InChI is InChI=1S/C19H27NO/c1-14-18-11-16-5-3-4-6-17(16)19(14,2)8-9-20(18)12-15-7-10-21-13-15/h3-6,14-15,18H,7-13H2,1-2H3. The van der Waals surface area contributed by atoms with E-state index in [9.17, 15) is 0 Å². The first-order valence-electron chi connectivity index (χ1n) is 8.58. The topological polar surface area (TPSA) is 12.5 Å². The zero-order valence-corrected chi connectivity index (χ0v) is 13.3. The first-order chi connectivity index (χ1) is 10.2. The second-order valence-electron chi connectivity index (χ2n) is 7.61. The highest BCUT2D eigenvalue weighted by Gasteiger charge is 2.48. The summed E-state index contributed by atoms with van der Waals surface area (Å²) in [5.41, 5.74) is 3.59. The van der Waals surface area contributed by atoms with Crippen LogP contribution in [-0.2, 0) is 16.6 Å². The van der Waals surface area contributed by atoms with E-state index in [1.807, 2.05) is 0 Å². The summed E-state index contributed by atoms with van der Waals surface area (Å²) < 4.78 is 5.58. The summed E-state index contributed by atoms with van der Waals surface area (Å²) in [5.74, 6) is 1.52. The highest BCUT2D eigenvalue weighted by molar-refractivity contribution is 5.39. The Hall–Kier alpha value is -0.860. The van der Waals surface area contributed by atoms with E-state index in [1.54, 1.807) is 11.1 Å². The van der Waals surface area contributed by atoms with Crippen molar-refractivity contribution in [3.8, 4) is 0 Å². The molecule has 0 saturated carbocycles. The van der Waals surface area contributed by atoms with Gasteiger partial charge in [0.05, 0.1) is 6.61 Å². The third kappa shape index (κ3) is 2.15. The molecule has 3 aliphatic rings. The molecule has 114 valence electrons. The number of hydrogen-bond acceptors (Lipinski definition) is 2. The van der Waals surface area contributed by atoms with Gasteiger partial charge in [0, 0.05) is 19.2 Å². The lowest BCUT2D eigenvalue weighted by atomic mass is 9.59. The Labute approximate surface area is 128 Å². The van der Waals surface area contributed by atoms with Gasteiger partial charge in [0.1, 0.15) is 0 Å². The van der Waals surface area contributed by atoms with Crippen LogP contribution in [0.3, 0.4) is 0 Å². The Morgan fingerprint density at radius 2 is 2.19 bits per heavy atom. The minimum absolute atomic E-state index is 0.377. The molecule has 1 aliphatic carbocycles. The lowest BCUT2D eigenvalue weighted by molar-refractivity contribution is 0.0199. The molecule has 4 unspecified atom stereocenters. The fourth-order valence-corrected chi connectivity index (χ4v) is 4.96. The van der Waals surface area contributed by atoms with Crippen molar-refractivity contribution in [2.45, 2.75) is 44.6 Å². The van der Waals surface area contributed by atoms with Crippen LogP contribution in [0.2, 0.25) is 0 Å². The summed E-state index contributed by atoms with van der Waals surface area (Å²) in [5, 5.41) is 0. The summed E-state index contributed by atoms with van der Waals surface area (Å²) in [6, 6.07) is 9.89. The molecule has 2 nitrogen and oxygen atoms in total. The Bertz CT molecular complexity index is 522. The van der Waals surface area contributed by atoms with Gasteiger partial charge in [0.25, 0.3) is 0 Å². The van der Waals surface area contributed by atoms with Crippen LogP contribution in [-0.4, -0.2) is 37.2 Å². The number of rotatable bonds is 2. The molecule has 2 heterocycles.